The van der Waals surface area contributed by atoms with Crippen molar-refractivity contribution in [2.45, 2.75) is 34.6 Å². The van der Waals surface area contributed by atoms with Crippen LogP contribution in [-0.2, 0) is 0 Å². The average Bonchev–Trinajstić information content (AvgIpc) is 2.17. The SMILES string of the molecule is C.C.CC[N+]1(C)CCCC1.[HH]. The van der Waals surface area contributed by atoms with Crippen LogP contribution < -0.4 is 0 Å². The van der Waals surface area contributed by atoms with Crippen LogP contribution in [0, 0.1) is 0 Å². The van der Waals surface area contributed by atoms with Crippen LogP contribution in [-0.4, -0.2) is 31.2 Å². The summed E-state index contributed by atoms with van der Waals surface area (Å²) >= 11 is 0. The van der Waals surface area contributed by atoms with Gasteiger partial charge < -0.3 is 4.48 Å². The zero-order valence-electron chi connectivity index (χ0n) is 5.98. The summed E-state index contributed by atoms with van der Waals surface area (Å²) in [6, 6.07) is 0. The van der Waals surface area contributed by atoms with Gasteiger partial charge in [0.25, 0.3) is 0 Å². The van der Waals surface area contributed by atoms with Crippen LogP contribution in [0.2, 0.25) is 0 Å². The van der Waals surface area contributed by atoms with Crippen LogP contribution in [0.5, 0.6) is 0 Å². The summed E-state index contributed by atoms with van der Waals surface area (Å²) < 4.78 is 1.32. The Morgan fingerprint density at radius 3 is 1.80 bits per heavy atom. The molecule has 0 atom stereocenters. The van der Waals surface area contributed by atoms with E-state index in [1.807, 2.05) is 0 Å². The van der Waals surface area contributed by atoms with E-state index in [1.165, 1.54) is 37.0 Å². The first-order valence-electron chi connectivity index (χ1n) is 3.60. The fourth-order valence-electron chi connectivity index (χ4n) is 1.42. The lowest BCUT2D eigenvalue weighted by molar-refractivity contribution is -0.895. The molecule has 0 amide bonds. The Morgan fingerprint density at radius 1 is 1.20 bits per heavy atom. The first-order chi connectivity index (χ1) is 3.77. The molecule has 0 aliphatic carbocycles. The van der Waals surface area contributed by atoms with E-state index in [1.54, 1.807) is 0 Å². The highest BCUT2D eigenvalue weighted by Crippen LogP contribution is 2.14. The molecule has 1 nitrogen and oxygen atoms in total. The summed E-state index contributed by atoms with van der Waals surface area (Å²) in [6.07, 6.45) is 2.90. The van der Waals surface area contributed by atoms with Gasteiger partial charge in [-0.05, 0) is 6.92 Å². The van der Waals surface area contributed by atoms with Crippen molar-refractivity contribution in [3.05, 3.63) is 0 Å². The maximum atomic E-state index is 2.35. The van der Waals surface area contributed by atoms with E-state index in [-0.39, 0.29) is 16.3 Å². The second-order valence-electron chi connectivity index (χ2n) is 3.09. The highest BCUT2D eigenvalue weighted by atomic mass is 15.3. The smallest absolute Gasteiger partial charge is 0.0786 e. The van der Waals surface area contributed by atoms with Crippen molar-refractivity contribution in [2.24, 2.45) is 0 Å². The average molecular weight is 148 g/mol. The molecule has 10 heavy (non-hydrogen) atoms. The van der Waals surface area contributed by atoms with Crippen molar-refractivity contribution in [3.8, 4) is 0 Å². The number of hydrogen-bond acceptors (Lipinski definition) is 0. The third-order valence-electron chi connectivity index (χ3n) is 2.41. The lowest BCUT2D eigenvalue weighted by Crippen LogP contribution is -2.40. The molecule has 0 aromatic heterocycles. The minimum atomic E-state index is 0. The summed E-state index contributed by atoms with van der Waals surface area (Å²) in [5.74, 6) is 0. The molecule has 0 saturated carbocycles. The quantitative estimate of drug-likeness (QED) is 0.502. The van der Waals surface area contributed by atoms with Gasteiger partial charge in [-0.1, -0.05) is 14.9 Å². The van der Waals surface area contributed by atoms with E-state index in [4.69, 9.17) is 0 Å². The molecule has 1 heteroatoms. The lowest BCUT2D eigenvalue weighted by Gasteiger charge is -2.26. The molecule has 0 N–H and O–H groups in total. The Kier molecular flexibility index (Phi) is 5.96. The van der Waals surface area contributed by atoms with Gasteiger partial charge in [0, 0.05) is 14.3 Å². The summed E-state index contributed by atoms with van der Waals surface area (Å²) in [4.78, 5) is 0. The van der Waals surface area contributed by atoms with Gasteiger partial charge in [-0.25, -0.2) is 0 Å². The Morgan fingerprint density at radius 2 is 1.60 bits per heavy atom. The molecule has 1 heterocycles. The Hall–Kier alpha value is -0.0400. The zero-order valence-corrected chi connectivity index (χ0v) is 5.98. The summed E-state index contributed by atoms with van der Waals surface area (Å²) in [5, 5.41) is 0. The van der Waals surface area contributed by atoms with E-state index >= 15 is 0 Å². The van der Waals surface area contributed by atoms with Crippen LogP contribution in [0.3, 0.4) is 0 Å². The third-order valence-corrected chi connectivity index (χ3v) is 2.41. The van der Waals surface area contributed by atoms with Gasteiger partial charge in [-0.2, -0.15) is 0 Å². The van der Waals surface area contributed by atoms with E-state index in [2.05, 4.69) is 14.0 Å². The zero-order chi connectivity index (χ0) is 6.04. The van der Waals surface area contributed by atoms with Crippen molar-refractivity contribution < 1.29 is 5.91 Å². The molecule has 0 aromatic carbocycles. The second kappa shape index (κ2) is 4.73. The molecule has 0 bridgehead atoms. The molecule has 0 radical (unpaired) electrons. The van der Waals surface area contributed by atoms with Gasteiger partial charge in [-0.15, -0.1) is 0 Å². The van der Waals surface area contributed by atoms with Crippen LogP contribution in [0.1, 0.15) is 36.0 Å². The van der Waals surface area contributed by atoms with Crippen molar-refractivity contribution in [1.29, 1.82) is 0 Å². The number of nitrogens with zero attached hydrogens (tertiary/aromatic N) is 1. The van der Waals surface area contributed by atoms with Crippen LogP contribution >= 0.6 is 0 Å². The molecule has 0 aromatic rings. The van der Waals surface area contributed by atoms with E-state index in [0.29, 0.717) is 0 Å². The summed E-state index contributed by atoms with van der Waals surface area (Å²) in [7, 11) is 2.35. The normalized spacial score (nSPS) is 21.0. The van der Waals surface area contributed by atoms with E-state index in [0.717, 1.165) is 0 Å². The molecular weight excluding hydrogens is 122 g/mol. The molecular formula is C9H26N+. The molecule has 1 fully saturated rings. The van der Waals surface area contributed by atoms with Crippen molar-refractivity contribution in [3.63, 3.8) is 0 Å². The Bertz CT molecular complexity index is 77.6. The maximum absolute atomic E-state index is 2.35. The van der Waals surface area contributed by atoms with Gasteiger partial charge in [0.1, 0.15) is 0 Å². The predicted molar refractivity (Wildman–Crippen MR) is 51.3 cm³/mol. The highest BCUT2D eigenvalue weighted by molar-refractivity contribution is 4.49. The van der Waals surface area contributed by atoms with Crippen LogP contribution in [0.4, 0.5) is 0 Å². The van der Waals surface area contributed by atoms with Crippen molar-refractivity contribution in [2.75, 3.05) is 26.7 Å². The summed E-state index contributed by atoms with van der Waals surface area (Å²) in [5.41, 5.74) is 0. The van der Waals surface area contributed by atoms with Gasteiger partial charge in [0.05, 0.1) is 26.7 Å². The van der Waals surface area contributed by atoms with E-state index < -0.39 is 0 Å². The molecule has 66 valence electrons. The minimum absolute atomic E-state index is 0. The molecule has 1 saturated heterocycles. The molecule has 1 rings (SSSR count). The maximum Gasteiger partial charge on any atom is 0.0786 e. The predicted octanol–water partition coefficient (Wildman–Crippen LogP) is 2.76. The molecule has 0 spiro atoms. The van der Waals surface area contributed by atoms with Crippen LogP contribution in [0.25, 0.3) is 0 Å². The molecule has 0 unspecified atom stereocenters. The second-order valence-corrected chi connectivity index (χ2v) is 3.09. The molecule has 1 aliphatic heterocycles. The number of likely N-dealkylation sites (tertiary alicyclic amines) is 1. The topological polar surface area (TPSA) is 0 Å². The fourth-order valence-corrected chi connectivity index (χ4v) is 1.42. The lowest BCUT2D eigenvalue weighted by atomic mass is 10.4. The first kappa shape index (κ1) is 12.6. The Balaban J connectivity index is -0.000000213. The molecule has 1 aliphatic rings. The van der Waals surface area contributed by atoms with Crippen molar-refractivity contribution in [1.82, 2.24) is 0 Å². The number of quaternary nitrogens is 1. The monoisotopic (exact) mass is 148 g/mol. The fraction of sp³-hybridized carbons (Fsp3) is 1.00. The van der Waals surface area contributed by atoms with Gasteiger partial charge in [0.15, 0.2) is 0 Å². The minimum Gasteiger partial charge on any atom is -0.326 e. The van der Waals surface area contributed by atoms with Gasteiger partial charge in [-0.3, -0.25) is 0 Å². The number of hydrogen-bond donors (Lipinski definition) is 0. The van der Waals surface area contributed by atoms with Crippen LogP contribution in [0.15, 0.2) is 0 Å². The van der Waals surface area contributed by atoms with Crippen molar-refractivity contribution >= 4 is 0 Å². The first-order valence-corrected chi connectivity index (χ1v) is 3.60. The third kappa shape index (κ3) is 2.70. The van der Waals surface area contributed by atoms with Gasteiger partial charge >= 0.3 is 0 Å². The summed E-state index contributed by atoms with van der Waals surface area (Å²) in [6.45, 7) is 6.43. The van der Waals surface area contributed by atoms with E-state index in [9.17, 15) is 0 Å². The Labute approximate surface area is 68.1 Å². The van der Waals surface area contributed by atoms with Gasteiger partial charge in [0.2, 0.25) is 0 Å². The standard InChI is InChI=1S/C7H16N.2CH4.H2/c1-3-8(2)6-4-5-7-8;;;/h3-7H2,1-2H3;2*1H4;1H/q+1;;;. The highest BCUT2D eigenvalue weighted by Gasteiger charge is 2.23. The largest absolute Gasteiger partial charge is 0.326 e. The number of rotatable bonds is 1.